The molecule has 0 atom stereocenters. The number of carboxylic acids is 1. The SMILES string of the molecule is O=C(O)C1CN(c2ccc(-c3ccc(Br)s3)nn2)C1. The summed E-state index contributed by atoms with van der Waals surface area (Å²) in [5.74, 6) is -0.295. The van der Waals surface area contributed by atoms with Gasteiger partial charge in [-0.1, -0.05) is 0 Å². The van der Waals surface area contributed by atoms with Gasteiger partial charge in [-0.2, -0.15) is 0 Å². The van der Waals surface area contributed by atoms with Crippen LogP contribution < -0.4 is 4.90 Å². The summed E-state index contributed by atoms with van der Waals surface area (Å²) in [5, 5.41) is 17.2. The fraction of sp³-hybridized carbons (Fsp3) is 0.250. The van der Waals surface area contributed by atoms with Crippen LogP contribution in [0.1, 0.15) is 0 Å². The van der Waals surface area contributed by atoms with E-state index in [0.717, 1.165) is 20.2 Å². The van der Waals surface area contributed by atoms with Crippen LogP contribution >= 0.6 is 27.3 Å². The zero-order chi connectivity index (χ0) is 13.4. The number of nitrogens with zero attached hydrogens (tertiary/aromatic N) is 3. The Hall–Kier alpha value is -1.47. The highest BCUT2D eigenvalue weighted by molar-refractivity contribution is 9.11. The highest BCUT2D eigenvalue weighted by Gasteiger charge is 2.33. The molecule has 2 aromatic heterocycles. The van der Waals surface area contributed by atoms with Crippen molar-refractivity contribution in [2.45, 2.75) is 0 Å². The number of rotatable bonds is 3. The summed E-state index contributed by atoms with van der Waals surface area (Å²) in [6.45, 7) is 1.02. The minimum absolute atomic E-state index is 0.283. The average Bonchev–Trinajstić information content (AvgIpc) is 2.74. The summed E-state index contributed by atoms with van der Waals surface area (Å²) < 4.78 is 1.06. The Balaban J connectivity index is 1.72. The lowest BCUT2D eigenvalue weighted by Crippen LogP contribution is -2.50. The second-order valence-corrected chi connectivity index (χ2v) is 6.78. The van der Waals surface area contributed by atoms with E-state index in [0.29, 0.717) is 13.1 Å². The average molecular weight is 340 g/mol. The number of aliphatic carboxylic acids is 1. The summed E-state index contributed by atoms with van der Waals surface area (Å²) in [7, 11) is 0. The van der Waals surface area contributed by atoms with Crippen LogP contribution in [0, 0.1) is 5.92 Å². The molecule has 0 unspecified atom stereocenters. The van der Waals surface area contributed by atoms with Crippen LogP contribution in [-0.4, -0.2) is 34.4 Å². The third-order valence-electron chi connectivity index (χ3n) is 3.03. The first kappa shape index (κ1) is 12.6. The molecule has 0 aliphatic carbocycles. The van der Waals surface area contributed by atoms with E-state index in [1.165, 1.54) is 0 Å². The molecule has 0 amide bonds. The second kappa shape index (κ2) is 4.90. The topological polar surface area (TPSA) is 66.3 Å². The van der Waals surface area contributed by atoms with Crippen molar-refractivity contribution in [2.24, 2.45) is 5.92 Å². The van der Waals surface area contributed by atoms with Crippen molar-refractivity contribution in [3.05, 3.63) is 28.1 Å². The van der Waals surface area contributed by atoms with Gasteiger partial charge < -0.3 is 10.0 Å². The molecule has 7 heteroatoms. The number of anilines is 1. The van der Waals surface area contributed by atoms with Crippen molar-refractivity contribution < 1.29 is 9.90 Å². The van der Waals surface area contributed by atoms with E-state index in [4.69, 9.17) is 5.11 Å². The van der Waals surface area contributed by atoms with E-state index in [1.807, 2.05) is 29.2 Å². The molecule has 1 N–H and O–H groups in total. The standard InChI is InChI=1S/C12H10BrN3O2S/c13-10-3-2-9(19-10)8-1-4-11(15-14-8)16-5-7(6-16)12(17)18/h1-4,7H,5-6H2,(H,17,18). The lowest BCUT2D eigenvalue weighted by atomic mass is 10.0. The van der Waals surface area contributed by atoms with Crippen LogP contribution in [0.25, 0.3) is 10.6 Å². The number of hydrogen-bond donors (Lipinski definition) is 1. The first-order chi connectivity index (χ1) is 9.13. The number of aromatic nitrogens is 2. The van der Waals surface area contributed by atoms with Gasteiger partial charge in [0.1, 0.15) is 5.69 Å². The lowest BCUT2D eigenvalue weighted by Gasteiger charge is -2.37. The van der Waals surface area contributed by atoms with Crippen molar-refractivity contribution in [3.63, 3.8) is 0 Å². The van der Waals surface area contributed by atoms with Crippen molar-refractivity contribution >= 4 is 39.1 Å². The highest BCUT2D eigenvalue weighted by Crippen LogP contribution is 2.30. The van der Waals surface area contributed by atoms with Gasteiger partial charge in [0, 0.05) is 13.1 Å². The van der Waals surface area contributed by atoms with Gasteiger partial charge in [-0.05, 0) is 40.2 Å². The molecular weight excluding hydrogens is 330 g/mol. The van der Waals surface area contributed by atoms with Crippen molar-refractivity contribution in [3.8, 4) is 10.6 Å². The molecule has 1 aliphatic rings. The smallest absolute Gasteiger partial charge is 0.310 e. The van der Waals surface area contributed by atoms with E-state index >= 15 is 0 Å². The van der Waals surface area contributed by atoms with Gasteiger partial charge in [-0.25, -0.2) is 0 Å². The Morgan fingerprint density at radius 2 is 2.11 bits per heavy atom. The van der Waals surface area contributed by atoms with Crippen LogP contribution in [0.15, 0.2) is 28.1 Å². The van der Waals surface area contributed by atoms with Crippen LogP contribution in [0.2, 0.25) is 0 Å². The highest BCUT2D eigenvalue weighted by atomic mass is 79.9. The third-order valence-corrected chi connectivity index (χ3v) is 4.68. The normalized spacial score (nSPS) is 15.3. The maximum Gasteiger partial charge on any atom is 0.310 e. The molecule has 0 spiro atoms. The van der Waals surface area contributed by atoms with E-state index in [-0.39, 0.29) is 5.92 Å². The van der Waals surface area contributed by atoms with E-state index in [1.54, 1.807) is 11.3 Å². The first-order valence-corrected chi connectivity index (χ1v) is 7.31. The molecule has 0 aromatic carbocycles. The number of carboxylic acid groups (broad SMARTS) is 1. The van der Waals surface area contributed by atoms with Gasteiger partial charge >= 0.3 is 5.97 Å². The summed E-state index contributed by atoms with van der Waals surface area (Å²) >= 11 is 5.02. The largest absolute Gasteiger partial charge is 0.481 e. The molecule has 19 heavy (non-hydrogen) atoms. The minimum atomic E-state index is -0.746. The number of halogens is 1. The van der Waals surface area contributed by atoms with Gasteiger partial charge in [0.05, 0.1) is 14.6 Å². The van der Waals surface area contributed by atoms with Gasteiger partial charge in [0.2, 0.25) is 0 Å². The summed E-state index contributed by atoms with van der Waals surface area (Å²) in [6, 6.07) is 7.76. The van der Waals surface area contributed by atoms with Crippen molar-refractivity contribution in [1.29, 1.82) is 0 Å². The molecule has 1 aliphatic heterocycles. The van der Waals surface area contributed by atoms with Gasteiger partial charge in [-0.15, -0.1) is 21.5 Å². The molecule has 0 bridgehead atoms. The maximum atomic E-state index is 10.7. The molecule has 1 saturated heterocycles. The molecule has 3 heterocycles. The van der Waals surface area contributed by atoms with Crippen LogP contribution in [0.3, 0.4) is 0 Å². The Morgan fingerprint density at radius 3 is 2.63 bits per heavy atom. The predicted octanol–water partition coefficient (Wildman–Crippen LogP) is 2.49. The third kappa shape index (κ3) is 2.48. The molecule has 0 radical (unpaired) electrons. The number of thiophene rings is 1. The summed E-state index contributed by atoms with van der Waals surface area (Å²) in [6.07, 6.45) is 0. The van der Waals surface area contributed by atoms with E-state index in [2.05, 4.69) is 26.1 Å². The molecule has 98 valence electrons. The van der Waals surface area contributed by atoms with Crippen LogP contribution in [0.4, 0.5) is 5.82 Å². The van der Waals surface area contributed by atoms with Crippen molar-refractivity contribution in [1.82, 2.24) is 10.2 Å². The molecule has 3 rings (SSSR count). The Kier molecular flexibility index (Phi) is 3.24. The van der Waals surface area contributed by atoms with Gasteiger partial charge in [0.15, 0.2) is 5.82 Å². The molecule has 5 nitrogen and oxygen atoms in total. The van der Waals surface area contributed by atoms with Crippen LogP contribution in [-0.2, 0) is 4.79 Å². The fourth-order valence-corrected chi connectivity index (χ4v) is 3.25. The fourth-order valence-electron chi connectivity index (χ4n) is 1.90. The monoisotopic (exact) mass is 339 g/mol. The molecule has 2 aromatic rings. The summed E-state index contributed by atoms with van der Waals surface area (Å²) in [4.78, 5) is 13.7. The van der Waals surface area contributed by atoms with E-state index < -0.39 is 5.97 Å². The maximum absolute atomic E-state index is 10.7. The molecule has 0 saturated carbocycles. The van der Waals surface area contributed by atoms with Crippen molar-refractivity contribution in [2.75, 3.05) is 18.0 Å². The van der Waals surface area contributed by atoms with Crippen LogP contribution in [0.5, 0.6) is 0 Å². The minimum Gasteiger partial charge on any atom is -0.481 e. The van der Waals surface area contributed by atoms with Gasteiger partial charge in [0.25, 0.3) is 0 Å². The number of hydrogen-bond acceptors (Lipinski definition) is 5. The Labute approximate surface area is 122 Å². The predicted molar refractivity (Wildman–Crippen MR) is 76.4 cm³/mol. The summed E-state index contributed by atoms with van der Waals surface area (Å²) in [5.41, 5.74) is 0.828. The molecular formula is C12H10BrN3O2S. The Morgan fingerprint density at radius 1 is 1.32 bits per heavy atom. The zero-order valence-electron chi connectivity index (χ0n) is 9.78. The molecule has 1 fully saturated rings. The number of carbonyl (C=O) groups is 1. The first-order valence-electron chi connectivity index (χ1n) is 5.70. The quantitative estimate of drug-likeness (QED) is 0.930. The van der Waals surface area contributed by atoms with Gasteiger partial charge in [-0.3, -0.25) is 4.79 Å². The second-order valence-electron chi connectivity index (χ2n) is 4.32. The van der Waals surface area contributed by atoms with E-state index in [9.17, 15) is 4.79 Å². The lowest BCUT2D eigenvalue weighted by molar-refractivity contribution is -0.142. The Bertz CT molecular complexity index is 608. The zero-order valence-corrected chi connectivity index (χ0v) is 12.2.